The van der Waals surface area contributed by atoms with Gasteiger partial charge in [0.2, 0.25) is 11.8 Å². The van der Waals surface area contributed by atoms with Crippen LogP contribution < -0.4 is 4.90 Å². The largest absolute Gasteiger partial charge is 0.417 e. The van der Waals surface area contributed by atoms with E-state index in [2.05, 4.69) is 0 Å². The number of carbonyl (C=O) groups is 4. The van der Waals surface area contributed by atoms with Crippen LogP contribution in [0.5, 0.6) is 0 Å². The van der Waals surface area contributed by atoms with Crippen molar-refractivity contribution >= 4 is 29.3 Å². The number of fused-ring (bicyclic) bond motifs is 5. The molecule has 8 nitrogen and oxygen atoms in total. The second-order valence-electron chi connectivity index (χ2n) is 8.70. The van der Waals surface area contributed by atoms with E-state index in [4.69, 9.17) is 10.00 Å². The molecular formula is C21H18F3N3O5. The molecule has 1 aromatic carbocycles. The average molecular weight is 449 g/mol. The number of benzene rings is 1. The number of hydrogen-bond donors (Lipinski definition) is 0. The molecule has 0 N–H and O–H groups in total. The molecule has 3 saturated heterocycles. The molecule has 2 bridgehead atoms. The van der Waals surface area contributed by atoms with Crippen molar-refractivity contribution in [2.45, 2.75) is 51.1 Å². The number of ether oxygens (including phenoxy) is 1. The Morgan fingerprint density at radius 3 is 1.94 bits per heavy atom. The van der Waals surface area contributed by atoms with E-state index in [1.165, 1.54) is 19.9 Å². The fourth-order valence-electron chi connectivity index (χ4n) is 5.00. The zero-order valence-corrected chi connectivity index (χ0v) is 17.5. The van der Waals surface area contributed by atoms with Gasteiger partial charge in [-0.3, -0.25) is 24.1 Å². The topological polar surface area (TPSA) is 108 Å². The highest BCUT2D eigenvalue weighted by molar-refractivity contribution is 6.27. The summed E-state index contributed by atoms with van der Waals surface area (Å²) in [6.45, 7) is 5.84. The molecule has 3 aliphatic rings. The summed E-state index contributed by atoms with van der Waals surface area (Å²) in [4.78, 5) is 54.4. The van der Waals surface area contributed by atoms with Gasteiger partial charge in [0, 0.05) is 6.04 Å². The van der Waals surface area contributed by atoms with Crippen LogP contribution in [-0.4, -0.2) is 45.8 Å². The summed E-state index contributed by atoms with van der Waals surface area (Å²) in [5.41, 5.74) is -6.04. The van der Waals surface area contributed by atoms with E-state index in [1.807, 2.05) is 0 Å². The number of halogens is 3. The molecule has 0 spiro atoms. The first kappa shape index (κ1) is 22.0. The van der Waals surface area contributed by atoms with Crippen molar-refractivity contribution in [1.82, 2.24) is 4.90 Å². The number of rotatable bonds is 2. The quantitative estimate of drug-likeness (QED) is 0.640. The van der Waals surface area contributed by atoms with Crippen molar-refractivity contribution in [2.75, 3.05) is 4.90 Å². The van der Waals surface area contributed by atoms with Crippen LogP contribution in [0.25, 0.3) is 0 Å². The molecule has 32 heavy (non-hydrogen) atoms. The molecule has 4 rings (SSSR count). The summed E-state index contributed by atoms with van der Waals surface area (Å²) >= 11 is 0. The van der Waals surface area contributed by atoms with E-state index in [-0.39, 0.29) is 0 Å². The number of morpholine rings is 1. The van der Waals surface area contributed by atoms with Gasteiger partial charge in [-0.1, -0.05) is 0 Å². The van der Waals surface area contributed by atoms with Crippen molar-refractivity contribution in [3.63, 3.8) is 0 Å². The molecule has 4 amide bonds. The van der Waals surface area contributed by atoms with Crippen LogP contribution in [0.3, 0.4) is 0 Å². The Hall–Kier alpha value is -3.26. The van der Waals surface area contributed by atoms with Crippen LogP contribution in [0.2, 0.25) is 0 Å². The molecule has 0 unspecified atom stereocenters. The van der Waals surface area contributed by atoms with Gasteiger partial charge in [-0.15, -0.1) is 0 Å². The molecule has 3 aliphatic heterocycles. The lowest BCUT2D eigenvalue weighted by molar-refractivity contribution is -0.200. The molecule has 11 heteroatoms. The van der Waals surface area contributed by atoms with Gasteiger partial charge in [0.15, 0.2) is 11.2 Å². The third-order valence-corrected chi connectivity index (χ3v) is 6.41. The zero-order chi connectivity index (χ0) is 24.0. The Morgan fingerprint density at radius 1 is 1.03 bits per heavy atom. The zero-order valence-electron chi connectivity index (χ0n) is 17.5. The summed E-state index contributed by atoms with van der Waals surface area (Å²) in [5.74, 6) is -6.19. The molecule has 3 fully saturated rings. The van der Waals surface area contributed by atoms with E-state index >= 15 is 0 Å². The lowest BCUT2D eigenvalue weighted by Crippen LogP contribution is -2.66. The van der Waals surface area contributed by atoms with Gasteiger partial charge in [0.1, 0.15) is 0 Å². The monoisotopic (exact) mass is 449 g/mol. The SMILES string of the molecule is CC(C)N1C(=O)[C@]2(C)O[C@](C)(C1=O)[C@H]1C(=O)N(c3ccc(C#N)c(C(F)(F)F)c3)C(=O)[C@H]12. The second-order valence-corrected chi connectivity index (χ2v) is 8.70. The minimum atomic E-state index is -4.90. The van der Waals surface area contributed by atoms with Crippen LogP contribution in [0.1, 0.15) is 38.8 Å². The van der Waals surface area contributed by atoms with Crippen molar-refractivity contribution in [2.24, 2.45) is 11.8 Å². The fraction of sp³-hybridized carbons (Fsp3) is 0.476. The minimum Gasteiger partial charge on any atom is -0.348 e. The van der Waals surface area contributed by atoms with Crippen LogP contribution in [0, 0.1) is 23.2 Å². The number of imide groups is 2. The predicted octanol–water partition coefficient (Wildman–Crippen LogP) is 2.01. The maximum absolute atomic E-state index is 13.4. The first-order chi connectivity index (χ1) is 14.7. The number of likely N-dealkylation sites (tertiary alicyclic amines) is 1. The highest BCUT2D eigenvalue weighted by atomic mass is 19.4. The summed E-state index contributed by atoms with van der Waals surface area (Å²) in [6, 6.07) is 3.34. The standard InChI is InChI=1S/C21H18F3N3O5/c1-9(2)26-17(30)19(3)13-14(20(4,32-19)18(26)31)16(29)27(15(13)28)11-6-5-10(8-25)12(7-11)21(22,23)24/h5-7,9,13-14H,1-4H3/t13-,14+,19+,20-. The van der Waals surface area contributed by atoms with Crippen LogP contribution in [-0.2, 0) is 30.1 Å². The summed E-state index contributed by atoms with van der Waals surface area (Å²) < 4.78 is 46.0. The molecular weight excluding hydrogens is 431 g/mol. The lowest BCUT2D eigenvalue weighted by Gasteiger charge is -2.43. The van der Waals surface area contributed by atoms with Crippen molar-refractivity contribution in [3.8, 4) is 6.07 Å². The van der Waals surface area contributed by atoms with E-state index in [0.29, 0.717) is 11.0 Å². The van der Waals surface area contributed by atoms with E-state index in [1.54, 1.807) is 13.8 Å². The molecule has 3 heterocycles. The van der Waals surface area contributed by atoms with Gasteiger partial charge in [0.25, 0.3) is 11.8 Å². The van der Waals surface area contributed by atoms with Gasteiger partial charge in [-0.2, -0.15) is 18.4 Å². The summed E-state index contributed by atoms with van der Waals surface area (Å²) in [7, 11) is 0. The van der Waals surface area contributed by atoms with Crippen molar-refractivity contribution in [1.29, 1.82) is 5.26 Å². The Bertz CT molecular complexity index is 1090. The van der Waals surface area contributed by atoms with Crippen LogP contribution in [0.15, 0.2) is 18.2 Å². The summed E-state index contributed by atoms with van der Waals surface area (Å²) in [6.07, 6.45) is -4.90. The van der Waals surface area contributed by atoms with Crippen LogP contribution in [0.4, 0.5) is 18.9 Å². The number of amides is 4. The van der Waals surface area contributed by atoms with Crippen molar-refractivity contribution < 1.29 is 37.1 Å². The Labute approximate surface area is 180 Å². The number of nitriles is 1. The highest BCUT2D eigenvalue weighted by Crippen LogP contribution is 2.56. The van der Waals surface area contributed by atoms with Gasteiger partial charge < -0.3 is 4.74 Å². The third kappa shape index (κ3) is 2.53. The molecule has 0 radical (unpaired) electrons. The summed E-state index contributed by atoms with van der Waals surface area (Å²) in [5, 5.41) is 8.98. The first-order valence-electron chi connectivity index (χ1n) is 9.77. The normalized spacial score (nSPS) is 32.1. The maximum atomic E-state index is 13.4. The lowest BCUT2D eigenvalue weighted by atomic mass is 9.78. The number of anilines is 1. The number of carbonyl (C=O) groups excluding carboxylic acids is 4. The Morgan fingerprint density at radius 2 is 1.53 bits per heavy atom. The van der Waals surface area contributed by atoms with Gasteiger partial charge in [0.05, 0.1) is 34.7 Å². The smallest absolute Gasteiger partial charge is 0.348 e. The fourth-order valence-corrected chi connectivity index (χ4v) is 5.00. The number of alkyl halides is 3. The predicted molar refractivity (Wildman–Crippen MR) is 101 cm³/mol. The van der Waals surface area contributed by atoms with Gasteiger partial charge >= 0.3 is 6.18 Å². The Kier molecular flexibility index (Phi) is 4.38. The Balaban J connectivity index is 1.85. The van der Waals surface area contributed by atoms with E-state index < -0.39 is 75.7 Å². The van der Waals surface area contributed by atoms with Crippen molar-refractivity contribution in [3.05, 3.63) is 29.3 Å². The van der Waals surface area contributed by atoms with Gasteiger partial charge in [-0.25, -0.2) is 4.90 Å². The molecule has 0 saturated carbocycles. The first-order valence-corrected chi connectivity index (χ1v) is 9.77. The molecule has 1 aromatic rings. The molecule has 168 valence electrons. The maximum Gasteiger partial charge on any atom is 0.417 e. The average Bonchev–Trinajstić information content (AvgIpc) is 3.09. The second kappa shape index (κ2) is 6.38. The number of hydrogen-bond acceptors (Lipinski definition) is 6. The number of nitrogens with zero attached hydrogens (tertiary/aromatic N) is 3. The molecule has 4 atom stereocenters. The van der Waals surface area contributed by atoms with E-state index in [0.717, 1.165) is 17.0 Å². The highest BCUT2D eigenvalue weighted by Gasteiger charge is 2.78. The minimum absolute atomic E-state index is 0.397. The van der Waals surface area contributed by atoms with Crippen LogP contribution >= 0.6 is 0 Å². The third-order valence-electron chi connectivity index (χ3n) is 6.41. The molecule has 0 aliphatic carbocycles. The van der Waals surface area contributed by atoms with Gasteiger partial charge in [-0.05, 0) is 45.9 Å². The van der Waals surface area contributed by atoms with E-state index in [9.17, 15) is 32.3 Å². The molecule has 0 aromatic heterocycles.